The lowest BCUT2D eigenvalue weighted by Crippen LogP contribution is -2.34. The van der Waals surface area contributed by atoms with E-state index in [1.807, 2.05) is 30.9 Å². The molecule has 0 aliphatic heterocycles. The Morgan fingerprint density at radius 3 is 2.56 bits per heavy atom. The van der Waals surface area contributed by atoms with Gasteiger partial charge in [0.05, 0.1) is 6.04 Å². The van der Waals surface area contributed by atoms with Gasteiger partial charge in [-0.3, -0.25) is 4.79 Å². The molecule has 0 fully saturated rings. The van der Waals surface area contributed by atoms with Gasteiger partial charge < -0.3 is 10.2 Å². The third-order valence-electron chi connectivity index (χ3n) is 2.79. The van der Waals surface area contributed by atoms with E-state index in [0.717, 1.165) is 5.56 Å². The monoisotopic (exact) mass is 280 g/mol. The van der Waals surface area contributed by atoms with Crippen LogP contribution in [-0.4, -0.2) is 31.4 Å². The summed E-state index contributed by atoms with van der Waals surface area (Å²) in [6.07, 6.45) is 0. The van der Waals surface area contributed by atoms with Crippen LogP contribution in [0.3, 0.4) is 0 Å². The average molecular weight is 280 g/mol. The van der Waals surface area contributed by atoms with Gasteiger partial charge in [0.1, 0.15) is 0 Å². The second kappa shape index (κ2) is 6.13. The number of carbonyl (C=O) groups excluding carboxylic acids is 1. The molecule has 0 bridgehead atoms. The molecule has 0 unspecified atom stereocenters. The lowest BCUT2D eigenvalue weighted by Gasteiger charge is -2.23. The maximum Gasteiger partial charge on any atom is 0.252 e. The molecule has 2 aromatic rings. The summed E-state index contributed by atoms with van der Waals surface area (Å²) in [6.45, 7) is 0.623. The Balaban J connectivity index is 1.97. The molecule has 0 aliphatic rings. The zero-order chi connectivity index (χ0) is 13.0. The molecule has 18 heavy (non-hydrogen) atoms. The molecule has 5 heteroatoms. The third kappa shape index (κ3) is 3.19. The van der Waals surface area contributed by atoms with Crippen molar-refractivity contribution in [3.05, 3.63) is 44.8 Å². The van der Waals surface area contributed by atoms with Gasteiger partial charge in [0.25, 0.3) is 5.91 Å². The van der Waals surface area contributed by atoms with Crippen LogP contribution in [0.25, 0.3) is 0 Å². The Bertz CT molecular complexity index is 477. The third-order valence-corrected chi connectivity index (χ3v) is 4.18. The molecular weight excluding hydrogens is 264 g/mol. The van der Waals surface area contributed by atoms with Crippen molar-refractivity contribution in [2.75, 3.05) is 20.6 Å². The molecule has 96 valence electrons. The highest BCUT2D eigenvalue weighted by atomic mass is 32.1. The molecule has 2 heterocycles. The number of thiophene rings is 2. The van der Waals surface area contributed by atoms with Gasteiger partial charge in [-0.2, -0.15) is 22.7 Å². The predicted octanol–water partition coefficient (Wildman–Crippen LogP) is 2.84. The lowest BCUT2D eigenvalue weighted by atomic mass is 10.1. The van der Waals surface area contributed by atoms with E-state index in [2.05, 4.69) is 27.0 Å². The molecule has 2 rings (SSSR count). The first-order valence-corrected chi connectivity index (χ1v) is 7.56. The molecular formula is C13H16N2OS2. The topological polar surface area (TPSA) is 32.3 Å². The number of amides is 1. The van der Waals surface area contributed by atoms with Gasteiger partial charge in [-0.25, -0.2) is 0 Å². The summed E-state index contributed by atoms with van der Waals surface area (Å²) >= 11 is 3.22. The molecule has 0 saturated heterocycles. The molecule has 1 atom stereocenters. The fourth-order valence-corrected chi connectivity index (χ4v) is 3.09. The van der Waals surface area contributed by atoms with E-state index in [9.17, 15) is 4.79 Å². The van der Waals surface area contributed by atoms with Crippen molar-refractivity contribution in [3.8, 4) is 0 Å². The largest absolute Gasteiger partial charge is 0.350 e. The fraction of sp³-hybridized carbons (Fsp3) is 0.308. The normalized spacial score (nSPS) is 12.6. The van der Waals surface area contributed by atoms with Crippen LogP contribution in [0.1, 0.15) is 22.0 Å². The van der Waals surface area contributed by atoms with Crippen molar-refractivity contribution in [3.63, 3.8) is 0 Å². The second-order valence-electron chi connectivity index (χ2n) is 4.26. The zero-order valence-electron chi connectivity index (χ0n) is 10.4. The summed E-state index contributed by atoms with van der Waals surface area (Å²) in [5, 5.41) is 11.0. The molecule has 0 aliphatic carbocycles. The van der Waals surface area contributed by atoms with Crippen LogP contribution < -0.4 is 5.32 Å². The van der Waals surface area contributed by atoms with Crippen molar-refractivity contribution < 1.29 is 4.79 Å². The molecule has 3 nitrogen and oxygen atoms in total. The highest BCUT2D eigenvalue weighted by molar-refractivity contribution is 7.08. The van der Waals surface area contributed by atoms with Crippen LogP contribution in [0.4, 0.5) is 0 Å². The summed E-state index contributed by atoms with van der Waals surface area (Å²) in [5.41, 5.74) is 1.98. The van der Waals surface area contributed by atoms with Crippen LogP contribution >= 0.6 is 22.7 Å². The lowest BCUT2D eigenvalue weighted by molar-refractivity contribution is 0.0942. The number of nitrogens with zero attached hydrogens (tertiary/aromatic N) is 1. The molecule has 0 radical (unpaired) electrons. The molecule has 1 N–H and O–H groups in total. The van der Waals surface area contributed by atoms with E-state index in [4.69, 9.17) is 0 Å². The van der Waals surface area contributed by atoms with E-state index >= 15 is 0 Å². The Labute approximate surface area is 115 Å². The standard InChI is InChI=1S/C13H16N2OS2/c1-15(2)12(10-3-5-17-8-10)7-14-13(16)11-4-6-18-9-11/h3-6,8-9,12H,7H2,1-2H3,(H,14,16)/t12-/m0/s1. The summed E-state index contributed by atoms with van der Waals surface area (Å²) in [5.74, 6) is -0.00155. The Hall–Kier alpha value is -1.17. The van der Waals surface area contributed by atoms with Gasteiger partial charge in [-0.15, -0.1) is 0 Å². The SMILES string of the molecule is CN(C)[C@@H](CNC(=O)c1ccsc1)c1ccsc1. The zero-order valence-corrected chi connectivity index (χ0v) is 12.1. The highest BCUT2D eigenvalue weighted by Gasteiger charge is 2.16. The number of hydrogen-bond donors (Lipinski definition) is 1. The minimum absolute atomic E-state index is 0.00155. The number of rotatable bonds is 5. The van der Waals surface area contributed by atoms with Crippen LogP contribution in [0.2, 0.25) is 0 Å². The molecule has 0 aromatic carbocycles. The first-order valence-electron chi connectivity index (χ1n) is 5.67. The summed E-state index contributed by atoms with van der Waals surface area (Å²) < 4.78 is 0. The van der Waals surface area contributed by atoms with Crippen molar-refractivity contribution >= 4 is 28.6 Å². The molecule has 0 spiro atoms. The average Bonchev–Trinajstić information content (AvgIpc) is 3.01. The van der Waals surface area contributed by atoms with E-state index in [-0.39, 0.29) is 11.9 Å². The molecule has 0 saturated carbocycles. The highest BCUT2D eigenvalue weighted by Crippen LogP contribution is 2.20. The van der Waals surface area contributed by atoms with Crippen molar-refractivity contribution in [1.82, 2.24) is 10.2 Å². The van der Waals surface area contributed by atoms with Crippen molar-refractivity contribution in [1.29, 1.82) is 0 Å². The maximum atomic E-state index is 11.9. The molecule has 2 aromatic heterocycles. The predicted molar refractivity (Wildman–Crippen MR) is 77.4 cm³/mol. The van der Waals surface area contributed by atoms with Crippen molar-refractivity contribution in [2.24, 2.45) is 0 Å². The second-order valence-corrected chi connectivity index (χ2v) is 5.82. The van der Waals surface area contributed by atoms with Gasteiger partial charge in [-0.1, -0.05) is 0 Å². The van der Waals surface area contributed by atoms with Crippen LogP contribution in [0, 0.1) is 0 Å². The summed E-state index contributed by atoms with van der Waals surface area (Å²) in [7, 11) is 4.05. The van der Waals surface area contributed by atoms with Gasteiger partial charge in [0.2, 0.25) is 0 Å². The van der Waals surface area contributed by atoms with E-state index in [1.165, 1.54) is 16.9 Å². The minimum Gasteiger partial charge on any atom is -0.350 e. The van der Waals surface area contributed by atoms with Crippen molar-refractivity contribution in [2.45, 2.75) is 6.04 Å². The number of nitrogens with one attached hydrogen (secondary N) is 1. The van der Waals surface area contributed by atoms with Gasteiger partial charge in [0.15, 0.2) is 0 Å². The van der Waals surface area contributed by atoms with Gasteiger partial charge in [-0.05, 0) is 47.9 Å². The first kappa shape index (κ1) is 13.3. The summed E-state index contributed by atoms with van der Waals surface area (Å²) in [4.78, 5) is 14.0. The Kier molecular flexibility index (Phi) is 4.52. The first-order chi connectivity index (χ1) is 8.68. The van der Waals surface area contributed by atoms with E-state index in [1.54, 1.807) is 11.3 Å². The number of hydrogen-bond acceptors (Lipinski definition) is 4. The van der Waals surface area contributed by atoms with E-state index < -0.39 is 0 Å². The molecule has 1 amide bonds. The van der Waals surface area contributed by atoms with Gasteiger partial charge >= 0.3 is 0 Å². The smallest absolute Gasteiger partial charge is 0.252 e. The van der Waals surface area contributed by atoms with Crippen LogP contribution in [-0.2, 0) is 0 Å². The van der Waals surface area contributed by atoms with Crippen LogP contribution in [0.5, 0.6) is 0 Å². The number of carbonyl (C=O) groups is 1. The Morgan fingerprint density at radius 1 is 1.28 bits per heavy atom. The minimum atomic E-state index is -0.00155. The quantitative estimate of drug-likeness (QED) is 0.913. The Morgan fingerprint density at radius 2 is 2.00 bits per heavy atom. The fourth-order valence-electron chi connectivity index (χ4n) is 1.75. The van der Waals surface area contributed by atoms with E-state index in [0.29, 0.717) is 6.54 Å². The number of likely N-dealkylation sites (N-methyl/N-ethyl adjacent to an activating group) is 1. The van der Waals surface area contributed by atoms with Crippen LogP contribution in [0.15, 0.2) is 33.7 Å². The summed E-state index contributed by atoms with van der Waals surface area (Å²) in [6, 6.07) is 4.17. The maximum absolute atomic E-state index is 11.9. The van der Waals surface area contributed by atoms with Gasteiger partial charge in [0, 0.05) is 17.5 Å².